The number of carbonyl (C=O) groups excluding carboxylic acids is 1. The lowest BCUT2D eigenvalue weighted by Gasteiger charge is -2.62. The summed E-state index contributed by atoms with van der Waals surface area (Å²) in [6.07, 6.45) is 1.68. The van der Waals surface area contributed by atoms with Gasteiger partial charge in [-0.05, 0) is 74.0 Å². The SMILES string of the molecule is CC(=O)O[C@@H]1C[C@@]23C[C@@]24CC[C@H](O[C@@H]2OC[C@@H](O)[C@H](O)[C@H]2O)C(C)(C)[C@@H]4CC=C3[C@]2(C)C[C@@H]3O[C@]4(C[C@@H](C)[C@@H]3[C@@]12C)O[C@H](O)[C@]1(C)O[C@H]41. The van der Waals surface area contributed by atoms with Crippen LogP contribution < -0.4 is 0 Å². The maximum absolute atomic E-state index is 12.9. The van der Waals surface area contributed by atoms with Crippen molar-refractivity contribution in [2.75, 3.05) is 6.61 Å². The molecule has 9 rings (SSSR count). The lowest BCUT2D eigenvalue weighted by molar-refractivity contribution is -0.345. The predicted molar refractivity (Wildman–Crippen MR) is 168 cm³/mol. The second-order valence-electron chi connectivity index (χ2n) is 18.5. The maximum atomic E-state index is 12.9. The van der Waals surface area contributed by atoms with E-state index >= 15 is 0 Å². The maximum Gasteiger partial charge on any atom is 0.302 e. The van der Waals surface area contributed by atoms with Crippen LogP contribution in [0.5, 0.6) is 0 Å². The van der Waals surface area contributed by atoms with Crippen LogP contribution in [0, 0.1) is 44.8 Å². The molecule has 4 N–H and O–H groups in total. The molecule has 4 aliphatic heterocycles. The van der Waals surface area contributed by atoms with Gasteiger partial charge in [-0.3, -0.25) is 4.79 Å². The zero-order valence-corrected chi connectivity index (χ0v) is 29.3. The highest BCUT2D eigenvalue weighted by Gasteiger charge is 2.85. The van der Waals surface area contributed by atoms with E-state index in [9.17, 15) is 25.2 Å². The molecule has 18 atom stereocenters. The largest absolute Gasteiger partial charge is 0.462 e. The molecule has 5 aliphatic carbocycles. The number of ether oxygens (including phenoxy) is 6. The summed E-state index contributed by atoms with van der Waals surface area (Å²) in [4.78, 5) is 12.9. The van der Waals surface area contributed by atoms with Gasteiger partial charge in [-0.2, -0.15) is 0 Å². The standard InChI is InChI=1S/C37H54O11/c1-17-12-37(29-34(7,47-29)30(42)48-37)46-20-13-32(5)22-9-8-21-31(3,4)23(45-28-27(41)26(40)19(39)15-43-28)10-11-35(21)16-36(22,35)14-24(44-18(2)38)33(32,6)25(17)20/h9,17,19-21,23-30,39-42H,8,10-16H2,1-7H3/t17-,19-,20+,21+,23+,24-,25+,26+,27-,28+,29+,30+,32+,33-,34-,35-,36+,37-/m1/s1. The Balaban J connectivity index is 1.06. The number of aliphatic hydroxyl groups excluding tert-OH is 4. The minimum atomic E-state index is -1.32. The first-order chi connectivity index (χ1) is 22.4. The van der Waals surface area contributed by atoms with Gasteiger partial charge >= 0.3 is 5.97 Å². The van der Waals surface area contributed by atoms with Crippen molar-refractivity contribution in [3.8, 4) is 0 Å². The van der Waals surface area contributed by atoms with Crippen molar-refractivity contribution in [3.63, 3.8) is 0 Å². The lowest BCUT2D eigenvalue weighted by atomic mass is 9.44. The molecule has 48 heavy (non-hydrogen) atoms. The Bertz CT molecular complexity index is 1450. The first-order valence-corrected chi connectivity index (χ1v) is 18.3. The zero-order chi connectivity index (χ0) is 34.2. The highest BCUT2D eigenvalue weighted by Crippen LogP contribution is 2.88. The molecule has 0 radical (unpaired) electrons. The molecule has 4 heterocycles. The van der Waals surface area contributed by atoms with E-state index in [-0.39, 0.29) is 75.9 Å². The van der Waals surface area contributed by atoms with Crippen LogP contribution >= 0.6 is 0 Å². The Morgan fingerprint density at radius 1 is 0.958 bits per heavy atom. The molecule has 11 heteroatoms. The molecule has 0 unspecified atom stereocenters. The molecule has 4 saturated heterocycles. The molecule has 0 aromatic rings. The van der Waals surface area contributed by atoms with Crippen LogP contribution in [-0.4, -0.2) is 99.7 Å². The highest BCUT2D eigenvalue weighted by atomic mass is 16.8. The molecule has 9 aliphatic rings. The second-order valence-corrected chi connectivity index (χ2v) is 18.5. The number of hydrogen-bond donors (Lipinski definition) is 4. The fourth-order valence-electron chi connectivity index (χ4n) is 13.8. The third-order valence-corrected chi connectivity index (χ3v) is 16.1. The molecular weight excluding hydrogens is 620 g/mol. The molecule has 268 valence electrons. The van der Waals surface area contributed by atoms with Gasteiger partial charge in [0.25, 0.3) is 0 Å². The van der Waals surface area contributed by atoms with Crippen molar-refractivity contribution >= 4 is 5.97 Å². The minimum Gasteiger partial charge on any atom is -0.462 e. The fourth-order valence-corrected chi connectivity index (χ4v) is 13.8. The monoisotopic (exact) mass is 674 g/mol. The second kappa shape index (κ2) is 9.63. The van der Waals surface area contributed by atoms with Crippen molar-refractivity contribution in [3.05, 3.63) is 11.6 Å². The quantitative estimate of drug-likeness (QED) is 0.198. The Hall–Kier alpha value is -1.15. The average Bonchev–Trinajstić information content (AvgIpc) is 3.84. The van der Waals surface area contributed by atoms with Gasteiger partial charge in [0.05, 0.1) is 18.8 Å². The van der Waals surface area contributed by atoms with Gasteiger partial charge in [0.15, 0.2) is 12.6 Å². The Labute approximate surface area is 282 Å². The summed E-state index contributed by atoms with van der Waals surface area (Å²) in [6, 6.07) is 0. The summed E-state index contributed by atoms with van der Waals surface area (Å²) in [7, 11) is 0. The number of fused-ring (bicyclic) bond motifs is 6. The van der Waals surface area contributed by atoms with Gasteiger partial charge in [-0.25, -0.2) is 0 Å². The van der Waals surface area contributed by atoms with Gasteiger partial charge < -0.3 is 48.8 Å². The van der Waals surface area contributed by atoms with Crippen LogP contribution in [0.25, 0.3) is 0 Å². The molecule has 0 amide bonds. The van der Waals surface area contributed by atoms with E-state index in [1.165, 1.54) is 12.5 Å². The van der Waals surface area contributed by atoms with Gasteiger partial charge in [-0.15, -0.1) is 0 Å². The molecule has 0 aromatic heterocycles. The summed E-state index contributed by atoms with van der Waals surface area (Å²) in [6.45, 7) is 14.9. The minimum absolute atomic E-state index is 0.0364. The molecular formula is C37H54O11. The Morgan fingerprint density at radius 3 is 2.38 bits per heavy atom. The number of esters is 1. The fraction of sp³-hybridized carbons (Fsp3) is 0.919. The van der Waals surface area contributed by atoms with Gasteiger partial charge in [0, 0.05) is 29.6 Å². The smallest absolute Gasteiger partial charge is 0.302 e. The predicted octanol–water partition coefficient (Wildman–Crippen LogP) is 2.95. The van der Waals surface area contributed by atoms with E-state index in [2.05, 4.69) is 40.7 Å². The highest BCUT2D eigenvalue weighted by molar-refractivity contribution is 5.66. The van der Waals surface area contributed by atoms with E-state index in [4.69, 9.17) is 28.4 Å². The van der Waals surface area contributed by atoms with Crippen LogP contribution in [0.4, 0.5) is 0 Å². The Morgan fingerprint density at radius 2 is 1.71 bits per heavy atom. The first kappa shape index (κ1) is 32.7. The topological polar surface area (TPSA) is 157 Å². The molecule has 4 saturated carbocycles. The van der Waals surface area contributed by atoms with E-state index in [0.29, 0.717) is 12.3 Å². The van der Waals surface area contributed by atoms with Crippen molar-refractivity contribution in [2.24, 2.45) is 44.8 Å². The lowest BCUT2D eigenvalue weighted by Crippen LogP contribution is -2.61. The number of rotatable bonds is 3. The van der Waals surface area contributed by atoms with E-state index in [1.54, 1.807) is 0 Å². The van der Waals surface area contributed by atoms with Gasteiger partial charge in [-0.1, -0.05) is 46.3 Å². The van der Waals surface area contributed by atoms with Crippen LogP contribution in [0.2, 0.25) is 0 Å². The normalized spacial score (nSPS) is 61.6. The first-order valence-electron chi connectivity index (χ1n) is 18.3. The molecule has 0 bridgehead atoms. The van der Waals surface area contributed by atoms with Crippen LogP contribution in [0.15, 0.2) is 11.6 Å². The van der Waals surface area contributed by atoms with Crippen molar-refractivity contribution in [2.45, 2.75) is 160 Å². The summed E-state index contributed by atoms with van der Waals surface area (Å²) in [5, 5.41) is 41.7. The van der Waals surface area contributed by atoms with Crippen LogP contribution in [0.3, 0.4) is 0 Å². The van der Waals surface area contributed by atoms with Crippen molar-refractivity contribution in [1.29, 1.82) is 0 Å². The van der Waals surface area contributed by atoms with Gasteiger partial charge in [0.2, 0.25) is 5.79 Å². The number of allylic oxidation sites excluding steroid dienone is 2. The number of hydrogen-bond acceptors (Lipinski definition) is 11. The summed E-state index contributed by atoms with van der Waals surface area (Å²) >= 11 is 0. The molecule has 3 spiro atoms. The van der Waals surface area contributed by atoms with E-state index in [0.717, 1.165) is 38.5 Å². The Kier molecular flexibility index (Phi) is 6.57. The molecule has 11 nitrogen and oxygen atoms in total. The summed E-state index contributed by atoms with van der Waals surface area (Å²) in [5.74, 6) is -0.600. The van der Waals surface area contributed by atoms with Crippen LogP contribution in [-0.2, 0) is 33.2 Å². The number of carbonyl (C=O) groups is 1. The molecule has 8 fully saturated rings. The third-order valence-electron chi connectivity index (χ3n) is 16.1. The van der Waals surface area contributed by atoms with E-state index in [1.807, 2.05) is 6.92 Å². The third kappa shape index (κ3) is 3.69. The average molecular weight is 675 g/mol. The van der Waals surface area contributed by atoms with Crippen LogP contribution in [0.1, 0.15) is 93.4 Å². The van der Waals surface area contributed by atoms with Crippen molar-refractivity contribution in [1.82, 2.24) is 0 Å². The number of aliphatic hydroxyl groups is 4. The summed E-state index contributed by atoms with van der Waals surface area (Å²) < 4.78 is 37.8. The summed E-state index contributed by atoms with van der Waals surface area (Å²) in [5.41, 5.74) is -0.191. The van der Waals surface area contributed by atoms with E-state index < -0.39 is 42.3 Å². The van der Waals surface area contributed by atoms with Crippen molar-refractivity contribution < 1.29 is 53.6 Å². The zero-order valence-electron chi connectivity index (χ0n) is 29.3. The van der Waals surface area contributed by atoms with Gasteiger partial charge in [0.1, 0.15) is 36.1 Å². The number of epoxide rings is 1. The molecule has 0 aromatic carbocycles.